The van der Waals surface area contributed by atoms with Gasteiger partial charge in [0, 0.05) is 31.6 Å². The first-order valence-corrected chi connectivity index (χ1v) is 9.71. The van der Waals surface area contributed by atoms with E-state index in [-0.39, 0.29) is 0 Å². The van der Waals surface area contributed by atoms with Crippen LogP contribution in [0.15, 0.2) is 35.5 Å². The van der Waals surface area contributed by atoms with Crippen LogP contribution in [0.2, 0.25) is 0 Å². The van der Waals surface area contributed by atoms with Crippen molar-refractivity contribution in [2.45, 2.75) is 45.4 Å². The van der Waals surface area contributed by atoms with Gasteiger partial charge in [0.25, 0.3) is 0 Å². The van der Waals surface area contributed by atoms with Crippen LogP contribution < -0.4 is 4.74 Å². The number of methoxy groups -OCH3 is 1. The molecule has 2 aliphatic heterocycles. The molecule has 4 rings (SSSR count). The fourth-order valence-electron chi connectivity index (χ4n) is 4.07. The van der Waals surface area contributed by atoms with Gasteiger partial charge in [0.2, 0.25) is 0 Å². The highest BCUT2D eigenvalue weighted by Crippen LogP contribution is 2.31. The number of hydrogen-bond donors (Lipinski definition) is 0. The maximum atomic E-state index is 5.35. The van der Waals surface area contributed by atoms with Gasteiger partial charge in [0.15, 0.2) is 0 Å². The van der Waals surface area contributed by atoms with Crippen molar-refractivity contribution in [3.8, 4) is 11.4 Å². The maximum absolute atomic E-state index is 5.35. The quantitative estimate of drug-likeness (QED) is 0.831. The normalized spacial score (nSPS) is 17.9. The van der Waals surface area contributed by atoms with E-state index in [0.717, 1.165) is 61.9 Å². The maximum Gasteiger partial charge on any atom is 0.140 e. The highest BCUT2D eigenvalue weighted by atomic mass is 16.5. The minimum absolute atomic E-state index is 0.420. The lowest BCUT2D eigenvalue weighted by Gasteiger charge is -2.34. The lowest BCUT2D eigenvalue weighted by molar-refractivity contribution is 0.300. The molecule has 6 heteroatoms. The number of aryl methyl sites for hydroxylation is 2. The Bertz CT molecular complexity index is 875. The molecule has 27 heavy (non-hydrogen) atoms. The summed E-state index contributed by atoms with van der Waals surface area (Å²) in [6.45, 7) is 6.20. The first-order valence-electron chi connectivity index (χ1n) is 9.71. The first-order chi connectivity index (χ1) is 13.2. The molecule has 3 heterocycles. The van der Waals surface area contributed by atoms with Crippen LogP contribution in [0.3, 0.4) is 0 Å². The predicted octanol–water partition coefficient (Wildman–Crippen LogP) is 3.78. The van der Waals surface area contributed by atoms with Crippen LogP contribution in [0.1, 0.15) is 48.8 Å². The van der Waals surface area contributed by atoms with Crippen LogP contribution >= 0.6 is 0 Å². The molecule has 2 aromatic rings. The Hall–Kier alpha value is -2.63. The van der Waals surface area contributed by atoms with Crippen molar-refractivity contribution in [1.29, 1.82) is 0 Å². The van der Waals surface area contributed by atoms with Crippen LogP contribution in [-0.4, -0.2) is 45.7 Å². The molecule has 0 saturated carbocycles. The number of nitrogens with zero attached hydrogens (tertiary/aromatic N) is 5. The topological polar surface area (TPSA) is 55.5 Å². The van der Waals surface area contributed by atoms with E-state index in [1.165, 1.54) is 11.4 Å². The van der Waals surface area contributed by atoms with Gasteiger partial charge in [-0.3, -0.25) is 4.57 Å². The summed E-state index contributed by atoms with van der Waals surface area (Å²) in [5.74, 6) is 4.54. The van der Waals surface area contributed by atoms with Gasteiger partial charge in [0.05, 0.1) is 12.8 Å². The lowest BCUT2D eigenvalue weighted by atomic mass is 9.95. The number of likely N-dealkylation sites (tertiary alicyclic amines) is 1. The van der Waals surface area contributed by atoms with Crippen molar-refractivity contribution < 1.29 is 4.74 Å². The highest BCUT2D eigenvalue weighted by Gasteiger charge is 2.27. The van der Waals surface area contributed by atoms with Gasteiger partial charge < -0.3 is 9.64 Å². The van der Waals surface area contributed by atoms with Gasteiger partial charge >= 0.3 is 0 Å². The van der Waals surface area contributed by atoms with Gasteiger partial charge in [-0.15, -0.1) is 10.2 Å². The fraction of sp³-hybridized carbons (Fsp3) is 0.476. The molecule has 0 N–H and O–H groups in total. The van der Waals surface area contributed by atoms with E-state index in [2.05, 4.69) is 49.8 Å². The number of aromatic nitrogens is 3. The van der Waals surface area contributed by atoms with Gasteiger partial charge in [-0.1, -0.05) is 6.08 Å². The molecule has 0 radical (unpaired) electrons. The van der Waals surface area contributed by atoms with Crippen LogP contribution in [-0.2, 0) is 0 Å². The number of amidine groups is 1. The Balaban J connectivity index is 1.56. The number of rotatable bonds is 3. The summed E-state index contributed by atoms with van der Waals surface area (Å²) < 4.78 is 7.57. The number of piperidine rings is 1. The molecular formula is C21H27N5O. The SMILES string of the molecule is COc1ccc(-n2c(C)nnc2C2CCN(C3=NC=CCC3)CC2)c(C)c1. The van der Waals surface area contributed by atoms with E-state index in [1.54, 1.807) is 7.11 Å². The van der Waals surface area contributed by atoms with Gasteiger partial charge in [0.1, 0.15) is 23.2 Å². The standard InChI is InChI=1S/C21H27N5O/c1-15-14-18(27-3)7-8-19(15)26-16(2)23-24-21(26)17-9-12-25(13-10-17)20-6-4-5-11-22-20/h5,7-8,11,14,17H,4,6,9-10,12-13H2,1-3H3. The summed E-state index contributed by atoms with van der Waals surface area (Å²) in [5.41, 5.74) is 2.30. The van der Waals surface area contributed by atoms with E-state index in [4.69, 9.17) is 4.74 Å². The van der Waals surface area contributed by atoms with Crippen molar-refractivity contribution in [2.75, 3.05) is 20.2 Å². The van der Waals surface area contributed by atoms with E-state index in [9.17, 15) is 0 Å². The molecule has 1 saturated heterocycles. The smallest absolute Gasteiger partial charge is 0.140 e. The third kappa shape index (κ3) is 3.48. The zero-order valence-electron chi connectivity index (χ0n) is 16.4. The number of ether oxygens (including phenoxy) is 1. The largest absolute Gasteiger partial charge is 0.497 e. The van der Waals surface area contributed by atoms with Crippen molar-refractivity contribution in [3.63, 3.8) is 0 Å². The zero-order chi connectivity index (χ0) is 18.8. The van der Waals surface area contributed by atoms with E-state index < -0.39 is 0 Å². The number of allylic oxidation sites excluding steroid dienone is 1. The molecule has 0 atom stereocenters. The Morgan fingerprint density at radius 2 is 1.93 bits per heavy atom. The zero-order valence-corrected chi connectivity index (χ0v) is 16.4. The molecule has 142 valence electrons. The Morgan fingerprint density at radius 1 is 1.11 bits per heavy atom. The lowest BCUT2D eigenvalue weighted by Crippen LogP contribution is -2.38. The van der Waals surface area contributed by atoms with Crippen LogP contribution in [0.4, 0.5) is 0 Å². The Morgan fingerprint density at radius 3 is 2.59 bits per heavy atom. The molecule has 2 aliphatic rings. The third-order valence-corrected chi connectivity index (χ3v) is 5.58. The van der Waals surface area contributed by atoms with E-state index >= 15 is 0 Å². The van der Waals surface area contributed by atoms with Gasteiger partial charge in [-0.05, 0) is 56.9 Å². The number of hydrogen-bond acceptors (Lipinski definition) is 5. The average molecular weight is 365 g/mol. The van der Waals surface area contributed by atoms with Crippen molar-refractivity contribution in [3.05, 3.63) is 47.7 Å². The minimum atomic E-state index is 0.420. The molecule has 6 nitrogen and oxygen atoms in total. The third-order valence-electron chi connectivity index (χ3n) is 5.58. The van der Waals surface area contributed by atoms with Gasteiger partial charge in [-0.2, -0.15) is 0 Å². The molecule has 1 fully saturated rings. The fourth-order valence-corrected chi connectivity index (χ4v) is 4.07. The number of benzene rings is 1. The molecule has 0 spiro atoms. The summed E-state index contributed by atoms with van der Waals surface area (Å²) in [5, 5.41) is 8.95. The first kappa shape index (κ1) is 17.8. The van der Waals surface area contributed by atoms with Crippen LogP contribution in [0.25, 0.3) is 5.69 Å². The summed E-state index contributed by atoms with van der Waals surface area (Å²) in [6.07, 6.45) is 8.40. The van der Waals surface area contributed by atoms with E-state index in [0.29, 0.717) is 5.92 Å². The average Bonchev–Trinajstić information content (AvgIpc) is 3.10. The van der Waals surface area contributed by atoms with Crippen molar-refractivity contribution in [1.82, 2.24) is 19.7 Å². The van der Waals surface area contributed by atoms with Crippen molar-refractivity contribution in [2.24, 2.45) is 4.99 Å². The van der Waals surface area contributed by atoms with Crippen LogP contribution in [0.5, 0.6) is 5.75 Å². The predicted molar refractivity (Wildman–Crippen MR) is 107 cm³/mol. The van der Waals surface area contributed by atoms with E-state index in [1.807, 2.05) is 19.2 Å². The number of aliphatic imine (C=N–C) groups is 1. The molecular weight excluding hydrogens is 338 g/mol. The summed E-state index contributed by atoms with van der Waals surface area (Å²) >= 11 is 0. The molecule has 0 unspecified atom stereocenters. The monoisotopic (exact) mass is 365 g/mol. The Labute approximate surface area is 160 Å². The summed E-state index contributed by atoms with van der Waals surface area (Å²) in [7, 11) is 1.70. The second-order valence-corrected chi connectivity index (χ2v) is 7.32. The summed E-state index contributed by atoms with van der Waals surface area (Å²) in [4.78, 5) is 7.00. The molecule has 1 aromatic heterocycles. The van der Waals surface area contributed by atoms with Crippen molar-refractivity contribution >= 4 is 5.84 Å². The second kappa shape index (κ2) is 7.55. The molecule has 0 aliphatic carbocycles. The summed E-state index contributed by atoms with van der Waals surface area (Å²) in [6, 6.07) is 6.17. The minimum Gasteiger partial charge on any atom is -0.497 e. The molecule has 0 bridgehead atoms. The Kier molecular flexibility index (Phi) is 4.97. The highest BCUT2D eigenvalue weighted by molar-refractivity contribution is 5.83. The molecule has 1 aromatic carbocycles. The second-order valence-electron chi connectivity index (χ2n) is 7.32. The van der Waals surface area contributed by atoms with Gasteiger partial charge in [-0.25, -0.2) is 4.99 Å². The molecule has 0 amide bonds. The van der Waals surface area contributed by atoms with Crippen LogP contribution in [0, 0.1) is 13.8 Å².